The molecule has 0 spiro atoms. The number of carboxylic acids is 2. The van der Waals surface area contributed by atoms with Crippen LogP contribution >= 0.6 is 0 Å². The van der Waals surface area contributed by atoms with Crippen LogP contribution in [0.5, 0.6) is 0 Å². The minimum atomic E-state index is -1.01. The Labute approximate surface area is 141 Å². The largest absolute Gasteiger partial charge is 0.481 e. The molecule has 2 fully saturated rings. The molecule has 4 atom stereocenters. The molecule has 0 heterocycles. The Bertz CT molecular complexity index is 596. The first-order valence-electron chi connectivity index (χ1n) is 8.47. The summed E-state index contributed by atoms with van der Waals surface area (Å²) in [7, 11) is 0. The van der Waals surface area contributed by atoms with E-state index in [1.807, 2.05) is 6.92 Å². The van der Waals surface area contributed by atoms with Crippen LogP contribution in [0.4, 0.5) is 0 Å². The van der Waals surface area contributed by atoms with E-state index in [0.29, 0.717) is 12.8 Å². The van der Waals surface area contributed by atoms with E-state index >= 15 is 0 Å². The molecule has 6 heteroatoms. The lowest BCUT2D eigenvalue weighted by Crippen LogP contribution is -2.61. The normalized spacial score (nSPS) is 39.4. The van der Waals surface area contributed by atoms with Crippen molar-refractivity contribution in [3.05, 3.63) is 0 Å². The molecule has 24 heavy (non-hydrogen) atoms. The van der Waals surface area contributed by atoms with Crippen molar-refractivity contribution in [2.75, 3.05) is 0 Å². The number of hydrogen-bond acceptors (Lipinski definition) is 4. The van der Waals surface area contributed by atoms with Gasteiger partial charge in [-0.2, -0.15) is 0 Å². The number of carbonyl (C=O) groups excluding carboxylic acids is 2. The minimum absolute atomic E-state index is 0.0366. The number of Topliss-reactive ketones (excluding diaryl/α,β-unsaturated/α-hetero) is 2. The van der Waals surface area contributed by atoms with Gasteiger partial charge in [0.2, 0.25) is 0 Å². The molecule has 0 aromatic rings. The van der Waals surface area contributed by atoms with Crippen LogP contribution in [0.2, 0.25) is 0 Å². The highest BCUT2D eigenvalue weighted by molar-refractivity contribution is 5.92. The summed E-state index contributed by atoms with van der Waals surface area (Å²) in [4.78, 5) is 47.7. The molecule has 2 N–H and O–H groups in total. The zero-order valence-electron chi connectivity index (χ0n) is 14.6. The highest BCUT2D eigenvalue weighted by atomic mass is 16.4. The van der Waals surface area contributed by atoms with Gasteiger partial charge in [0.15, 0.2) is 0 Å². The number of carbonyl (C=O) groups is 4. The molecule has 4 unspecified atom stereocenters. The fraction of sp³-hybridized carbons (Fsp3) is 0.778. The first-order chi connectivity index (χ1) is 11.0. The Morgan fingerprint density at radius 3 is 2.21 bits per heavy atom. The quantitative estimate of drug-likeness (QED) is 0.798. The third-order valence-electron chi connectivity index (χ3n) is 6.94. The highest BCUT2D eigenvalue weighted by Crippen LogP contribution is 2.64. The van der Waals surface area contributed by atoms with Crippen molar-refractivity contribution in [3.8, 4) is 0 Å². The van der Waals surface area contributed by atoms with Gasteiger partial charge in [-0.25, -0.2) is 0 Å². The predicted molar refractivity (Wildman–Crippen MR) is 85.4 cm³/mol. The second kappa shape index (κ2) is 5.97. The summed E-state index contributed by atoms with van der Waals surface area (Å²) in [5, 5.41) is 18.3. The molecule has 6 nitrogen and oxygen atoms in total. The Balaban J connectivity index is 2.47. The molecule has 0 aromatic heterocycles. The lowest BCUT2D eigenvalue weighted by atomic mass is 9.41. The van der Waals surface area contributed by atoms with Crippen molar-refractivity contribution >= 4 is 23.5 Å². The summed E-state index contributed by atoms with van der Waals surface area (Å²) < 4.78 is 0. The minimum Gasteiger partial charge on any atom is -0.481 e. The average Bonchev–Trinajstić information content (AvgIpc) is 2.46. The number of aliphatic carboxylic acids is 2. The predicted octanol–water partition coefficient (Wildman–Crippen LogP) is 2.69. The molecule has 0 aliphatic heterocycles. The zero-order valence-corrected chi connectivity index (χ0v) is 14.6. The second-order valence-electron chi connectivity index (χ2n) is 8.07. The monoisotopic (exact) mass is 338 g/mol. The molecule has 134 valence electrons. The molecule has 2 saturated carbocycles. The smallest absolute Gasteiger partial charge is 0.304 e. The van der Waals surface area contributed by atoms with E-state index in [1.165, 1.54) is 0 Å². The van der Waals surface area contributed by atoms with Crippen molar-refractivity contribution in [1.29, 1.82) is 0 Å². The van der Waals surface area contributed by atoms with Gasteiger partial charge in [-0.15, -0.1) is 0 Å². The van der Waals surface area contributed by atoms with Gasteiger partial charge in [-0.05, 0) is 30.6 Å². The maximum atomic E-state index is 12.7. The van der Waals surface area contributed by atoms with Crippen LogP contribution in [-0.2, 0) is 19.2 Å². The van der Waals surface area contributed by atoms with Gasteiger partial charge in [-0.1, -0.05) is 20.8 Å². The lowest BCUT2D eigenvalue weighted by Gasteiger charge is -2.60. The van der Waals surface area contributed by atoms with E-state index in [9.17, 15) is 24.3 Å². The Hall–Kier alpha value is -1.72. The highest BCUT2D eigenvalue weighted by Gasteiger charge is 2.64. The summed E-state index contributed by atoms with van der Waals surface area (Å²) in [5.74, 6) is -2.20. The maximum Gasteiger partial charge on any atom is 0.304 e. The third kappa shape index (κ3) is 2.66. The summed E-state index contributed by atoms with van der Waals surface area (Å²) in [6.45, 7) is 5.46. The molecule has 2 aliphatic carbocycles. The van der Waals surface area contributed by atoms with Gasteiger partial charge in [0.05, 0.1) is 6.42 Å². The van der Waals surface area contributed by atoms with E-state index in [1.54, 1.807) is 13.8 Å². The molecular weight excluding hydrogens is 312 g/mol. The standard InChI is InChI=1S/C18H26O6/c1-16(10-15(23)24)11-4-5-13(20)18(3,9-7-14(21)22)17(11,2)8-6-12(16)19/h11H,4-10H2,1-3H3,(H,21,22)(H,23,24). The van der Waals surface area contributed by atoms with Crippen LogP contribution in [0.15, 0.2) is 0 Å². The first-order valence-corrected chi connectivity index (χ1v) is 8.47. The van der Waals surface area contributed by atoms with E-state index in [0.717, 1.165) is 0 Å². The third-order valence-corrected chi connectivity index (χ3v) is 6.94. The van der Waals surface area contributed by atoms with E-state index in [2.05, 4.69) is 0 Å². The molecule has 0 bridgehead atoms. The Morgan fingerprint density at radius 1 is 1.04 bits per heavy atom. The number of carboxylic acid groups (broad SMARTS) is 2. The molecule has 0 aromatic carbocycles. The Kier molecular flexibility index (Phi) is 4.63. The number of rotatable bonds is 5. The van der Waals surface area contributed by atoms with Crippen LogP contribution in [0.1, 0.15) is 65.7 Å². The average molecular weight is 338 g/mol. The Morgan fingerprint density at radius 2 is 1.67 bits per heavy atom. The summed E-state index contributed by atoms with van der Waals surface area (Å²) in [6.07, 6.45) is 1.40. The van der Waals surface area contributed by atoms with Crippen molar-refractivity contribution in [1.82, 2.24) is 0 Å². The maximum absolute atomic E-state index is 12.7. The fourth-order valence-electron chi connectivity index (χ4n) is 5.22. The topological polar surface area (TPSA) is 109 Å². The van der Waals surface area contributed by atoms with Crippen LogP contribution in [0.25, 0.3) is 0 Å². The van der Waals surface area contributed by atoms with Crippen LogP contribution in [-0.4, -0.2) is 33.7 Å². The van der Waals surface area contributed by atoms with E-state index in [-0.39, 0.29) is 49.6 Å². The van der Waals surface area contributed by atoms with Gasteiger partial charge < -0.3 is 10.2 Å². The van der Waals surface area contributed by atoms with Crippen LogP contribution in [0, 0.1) is 22.2 Å². The van der Waals surface area contributed by atoms with E-state index < -0.39 is 28.2 Å². The van der Waals surface area contributed by atoms with Gasteiger partial charge in [0.25, 0.3) is 0 Å². The number of fused-ring (bicyclic) bond motifs is 1. The van der Waals surface area contributed by atoms with Gasteiger partial charge in [-0.3, -0.25) is 19.2 Å². The van der Waals surface area contributed by atoms with Crippen molar-refractivity contribution < 1.29 is 29.4 Å². The van der Waals surface area contributed by atoms with Crippen molar-refractivity contribution in [2.24, 2.45) is 22.2 Å². The molecule has 0 amide bonds. The molecule has 0 saturated heterocycles. The second-order valence-corrected chi connectivity index (χ2v) is 8.07. The van der Waals surface area contributed by atoms with Crippen LogP contribution < -0.4 is 0 Å². The van der Waals surface area contributed by atoms with Crippen molar-refractivity contribution in [2.45, 2.75) is 65.7 Å². The zero-order chi connectivity index (χ0) is 18.3. The summed E-state index contributed by atoms with van der Waals surface area (Å²) in [5.41, 5.74) is -2.39. The van der Waals surface area contributed by atoms with Gasteiger partial charge in [0.1, 0.15) is 11.6 Å². The molecule has 2 rings (SSSR count). The van der Waals surface area contributed by atoms with Gasteiger partial charge in [0, 0.05) is 30.1 Å². The number of ketones is 2. The molecule has 2 aliphatic rings. The fourth-order valence-corrected chi connectivity index (χ4v) is 5.22. The number of hydrogen-bond donors (Lipinski definition) is 2. The molecular formula is C18H26O6. The summed E-state index contributed by atoms with van der Waals surface area (Å²) >= 11 is 0. The van der Waals surface area contributed by atoms with Crippen molar-refractivity contribution in [3.63, 3.8) is 0 Å². The first kappa shape index (κ1) is 18.6. The van der Waals surface area contributed by atoms with Crippen LogP contribution in [0.3, 0.4) is 0 Å². The van der Waals surface area contributed by atoms with Gasteiger partial charge >= 0.3 is 11.9 Å². The lowest BCUT2D eigenvalue weighted by molar-refractivity contribution is -0.176. The SMILES string of the molecule is CC1(CC(=O)O)C(=O)CCC2(C)C1CCC(=O)C2(C)CCC(=O)O. The van der Waals surface area contributed by atoms with E-state index in [4.69, 9.17) is 5.11 Å². The summed E-state index contributed by atoms with van der Waals surface area (Å²) in [6, 6.07) is 0. The molecule has 0 radical (unpaired) electrons.